The number of esters is 1. The van der Waals surface area contributed by atoms with Crippen molar-refractivity contribution in [3.63, 3.8) is 0 Å². The molecule has 1 N–H and O–H groups in total. The standard InChI is InChI=1S/C15H24N2O3/c1-4-10-20-15(18)13(2)16-17(3)12-19-11-14-8-6-5-7-9-14/h5-9,13,16H,4,10-12H2,1-3H3/t13-/m0/s1. The van der Waals surface area contributed by atoms with Crippen molar-refractivity contribution >= 4 is 5.97 Å². The van der Waals surface area contributed by atoms with Crippen molar-refractivity contribution < 1.29 is 14.3 Å². The fraction of sp³-hybridized carbons (Fsp3) is 0.533. The minimum Gasteiger partial charge on any atom is -0.465 e. The highest BCUT2D eigenvalue weighted by Gasteiger charge is 2.15. The smallest absolute Gasteiger partial charge is 0.324 e. The number of rotatable bonds is 9. The van der Waals surface area contributed by atoms with Gasteiger partial charge in [0.25, 0.3) is 0 Å². The van der Waals surface area contributed by atoms with E-state index in [1.54, 1.807) is 11.9 Å². The van der Waals surface area contributed by atoms with E-state index in [4.69, 9.17) is 9.47 Å². The second kappa shape index (κ2) is 9.47. The van der Waals surface area contributed by atoms with E-state index in [1.165, 1.54) is 0 Å². The van der Waals surface area contributed by atoms with E-state index in [9.17, 15) is 4.79 Å². The first kappa shape index (κ1) is 16.6. The fourth-order valence-electron chi connectivity index (χ4n) is 1.62. The Balaban J connectivity index is 2.19. The van der Waals surface area contributed by atoms with Gasteiger partial charge in [-0.2, -0.15) is 0 Å². The zero-order chi connectivity index (χ0) is 14.8. The summed E-state index contributed by atoms with van der Waals surface area (Å²) in [6.07, 6.45) is 0.828. The molecule has 0 radical (unpaired) electrons. The Kier molecular flexibility index (Phi) is 7.87. The lowest BCUT2D eigenvalue weighted by atomic mass is 10.2. The molecule has 0 aliphatic carbocycles. The Bertz CT molecular complexity index is 384. The van der Waals surface area contributed by atoms with Crippen molar-refractivity contribution in [2.75, 3.05) is 20.4 Å². The zero-order valence-corrected chi connectivity index (χ0v) is 12.5. The minimum atomic E-state index is -0.383. The van der Waals surface area contributed by atoms with Crippen LogP contribution >= 0.6 is 0 Å². The van der Waals surface area contributed by atoms with Crippen LogP contribution in [0.5, 0.6) is 0 Å². The van der Waals surface area contributed by atoms with Gasteiger partial charge in [-0.05, 0) is 18.9 Å². The van der Waals surface area contributed by atoms with Crippen LogP contribution in [0.3, 0.4) is 0 Å². The summed E-state index contributed by atoms with van der Waals surface area (Å²) in [6, 6.07) is 9.57. The highest BCUT2D eigenvalue weighted by Crippen LogP contribution is 2.00. The third kappa shape index (κ3) is 6.65. The van der Waals surface area contributed by atoms with Crippen molar-refractivity contribution in [1.29, 1.82) is 0 Å². The SMILES string of the molecule is CCCOC(=O)[C@H](C)NN(C)COCc1ccccc1. The lowest BCUT2D eigenvalue weighted by Gasteiger charge is -2.22. The average Bonchev–Trinajstić information content (AvgIpc) is 2.45. The summed E-state index contributed by atoms with van der Waals surface area (Å²) >= 11 is 0. The molecule has 0 spiro atoms. The maximum atomic E-state index is 11.6. The van der Waals surface area contributed by atoms with Crippen molar-refractivity contribution in [3.05, 3.63) is 35.9 Å². The predicted octanol–water partition coefficient (Wildman–Crippen LogP) is 1.94. The molecule has 1 aromatic rings. The normalized spacial score (nSPS) is 12.4. The second-order valence-electron chi connectivity index (χ2n) is 4.68. The maximum Gasteiger partial charge on any atom is 0.324 e. The molecule has 0 bridgehead atoms. The van der Waals surface area contributed by atoms with Gasteiger partial charge in [0.05, 0.1) is 13.2 Å². The minimum absolute atomic E-state index is 0.248. The number of hydrogen-bond acceptors (Lipinski definition) is 5. The predicted molar refractivity (Wildman–Crippen MR) is 77.7 cm³/mol. The number of ether oxygens (including phenoxy) is 2. The van der Waals surface area contributed by atoms with Crippen molar-refractivity contribution in [1.82, 2.24) is 10.4 Å². The molecule has 0 amide bonds. The monoisotopic (exact) mass is 280 g/mol. The number of carbonyl (C=O) groups excluding carboxylic acids is 1. The van der Waals surface area contributed by atoms with E-state index in [0.717, 1.165) is 12.0 Å². The molecule has 20 heavy (non-hydrogen) atoms. The first-order valence-corrected chi connectivity index (χ1v) is 6.89. The molecule has 1 rings (SSSR count). The third-order valence-corrected chi connectivity index (χ3v) is 2.61. The van der Waals surface area contributed by atoms with E-state index in [2.05, 4.69) is 5.43 Å². The van der Waals surface area contributed by atoms with Crippen LogP contribution in [0.2, 0.25) is 0 Å². The number of benzene rings is 1. The Morgan fingerprint density at radius 3 is 2.70 bits per heavy atom. The summed E-state index contributed by atoms with van der Waals surface area (Å²) in [5.74, 6) is -0.248. The molecule has 5 heteroatoms. The van der Waals surface area contributed by atoms with Crippen LogP contribution in [-0.4, -0.2) is 37.4 Å². The van der Waals surface area contributed by atoms with Gasteiger partial charge in [-0.3, -0.25) is 4.79 Å². The summed E-state index contributed by atoms with van der Waals surface area (Å²) in [6.45, 7) is 5.13. The van der Waals surface area contributed by atoms with Crippen LogP contribution < -0.4 is 5.43 Å². The van der Waals surface area contributed by atoms with E-state index in [1.807, 2.05) is 44.3 Å². The molecule has 1 atom stereocenters. The van der Waals surface area contributed by atoms with Gasteiger partial charge in [0.1, 0.15) is 12.8 Å². The molecule has 0 heterocycles. The van der Waals surface area contributed by atoms with Crippen LogP contribution in [0.1, 0.15) is 25.8 Å². The zero-order valence-electron chi connectivity index (χ0n) is 12.5. The Morgan fingerprint density at radius 2 is 2.05 bits per heavy atom. The van der Waals surface area contributed by atoms with Crippen molar-refractivity contribution in [2.24, 2.45) is 0 Å². The van der Waals surface area contributed by atoms with Gasteiger partial charge in [0.15, 0.2) is 0 Å². The second-order valence-corrected chi connectivity index (χ2v) is 4.68. The average molecular weight is 280 g/mol. The molecule has 0 saturated heterocycles. The van der Waals surface area contributed by atoms with Gasteiger partial charge in [-0.15, -0.1) is 0 Å². The molecule has 0 aliphatic heterocycles. The Hall–Kier alpha value is -1.43. The molecule has 0 unspecified atom stereocenters. The van der Waals surface area contributed by atoms with Crippen LogP contribution in [0.25, 0.3) is 0 Å². The number of hydrogen-bond donors (Lipinski definition) is 1. The van der Waals surface area contributed by atoms with Gasteiger partial charge >= 0.3 is 5.97 Å². The van der Waals surface area contributed by atoms with E-state index >= 15 is 0 Å². The van der Waals surface area contributed by atoms with E-state index in [-0.39, 0.29) is 12.0 Å². The summed E-state index contributed by atoms with van der Waals surface area (Å²) in [4.78, 5) is 11.6. The van der Waals surface area contributed by atoms with Crippen LogP contribution in [-0.2, 0) is 20.9 Å². The molecule has 0 aliphatic rings. The number of nitrogens with one attached hydrogen (secondary N) is 1. The molecule has 0 aromatic heterocycles. The summed E-state index contributed by atoms with van der Waals surface area (Å²) < 4.78 is 10.6. The molecule has 112 valence electrons. The molecule has 5 nitrogen and oxygen atoms in total. The van der Waals surface area contributed by atoms with Gasteiger partial charge in [-0.1, -0.05) is 37.3 Å². The first-order chi connectivity index (χ1) is 9.63. The van der Waals surface area contributed by atoms with Gasteiger partial charge in [0.2, 0.25) is 0 Å². The lowest BCUT2D eigenvalue weighted by Crippen LogP contribution is -2.46. The highest BCUT2D eigenvalue weighted by molar-refractivity contribution is 5.75. The quantitative estimate of drug-likeness (QED) is 0.425. The van der Waals surface area contributed by atoms with Crippen molar-refractivity contribution in [2.45, 2.75) is 32.9 Å². The summed E-state index contributed by atoms with van der Waals surface area (Å²) in [5, 5.41) is 1.74. The Morgan fingerprint density at radius 1 is 1.35 bits per heavy atom. The van der Waals surface area contributed by atoms with Gasteiger partial charge < -0.3 is 9.47 Å². The topological polar surface area (TPSA) is 50.8 Å². The number of nitrogens with zero attached hydrogens (tertiary/aromatic N) is 1. The first-order valence-electron chi connectivity index (χ1n) is 6.89. The van der Waals surface area contributed by atoms with E-state index in [0.29, 0.717) is 19.9 Å². The summed E-state index contributed by atoms with van der Waals surface area (Å²) in [7, 11) is 1.83. The number of hydrazine groups is 1. The third-order valence-electron chi connectivity index (χ3n) is 2.61. The lowest BCUT2D eigenvalue weighted by molar-refractivity contribution is -0.148. The van der Waals surface area contributed by atoms with Crippen LogP contribution in [0, 0.1) is 0 Å². The van der Waals surface area contributed by atoms with Gasteiger partial charge in [0, 0.05) is 7.05 Å². The molecular formula is C15H24N2O3. The summed E-state index contributed by atoms with van der Waals surface area (Å²) in [5.41, 5.74) is 4.13. The molecular weight excluding hydrogens is 256 g/mol. The van der Waals surface area contributed by atoms with Gasteiger partial charge in [-0.25, -0.2) is 10.4 Å². The van der Waals surface area contributed by atoms with Crippen LogP contribution in [0.15, 0.2) is 30.3 Å². The van der Waals surface area contributed by atoms with Crippen LogP contribution in [0.4, 0.5) is 0 Å². The van der Waals surface area contributed by atoms with E-state index < -0.39 is 0 Å². The molecule has 0 saturated carbocycles. The van der Waals surface area contributed by atoms with Crippen molar-refractivity contribution in [3.8, 4) is 0 Å². The maximum absolute atomic E-state index is 11.6. The molecule has 0 fully saturated rings. The molecule has 1 aromatic carbocycles. The fourth-order valence-corrected chi connectivity index (χ4v) is 1.62. The largest absolute Gasteiger partial charge is 0.465 e. The Labute approximate surface area is 120 Å². The highest BCUT2D eigenvalue weighted by atomic mass is 16.5. The number of carbonyl (C=O) groups is 1.